The molecule has 0 aromatic heterocycles. The molecular weight excluding hydrogens is 234 g/mol. The van der Waals surface area contributed by atoms with Crippen molar-refractivity contribution in [2.24, 2.45) is 0 Å². The Labute approximate surface area is 118 Å². The van der Waals surface area contributed by atoms with Crippen molar-refractivity contribution < 1.29 is 4.74 Å². The first-order valence-corrected chi connectivity index (χ1v) is 7.71. The molecule has 0 radical (unpaired) electrons. The molecule has 108 valence electrons. The topological polar surface area (TPSA) is 21.3 Å². The van der Waals surface area contributed by atoms with E-state index in [-0.39, 0.29) is 0 Å². The third-order valence-corrected chi connectivity index (χ3v) is 3.06. The monoisotopic (exact) mass is 263 g/mol. The largest absolute Gasteiger partial charge is 0.494 e. The van der Waals surface area contributed by atoms with Crippen LogP contribution in [0.25, 0.3) is 0 Å². The van der Waals surface area contributed by atoms with Crippen molar-refractivity contribution in [1.29, 1.82) is 0 Å². The van der Waals surface area contributed by atoms with Crippen LogP contribution in [0, 0.1) is 0 Å². The van der Waals surface area contributed by atoms with Crippen LogP contribution < -0.4 is 10.1 Å². The van der Waals surface area contributed by atoms with Crippen molar-refractivity contribution in [2.75, 3.05) is 11.9 Å². The quantitative estimate of drug-likeness (QED) is 0.582. The Balaban J connectivity index is 2.18. The summed E-state index contributed by atoms with van der Waals surface area (Å²) in [4.78, 5) is 0. The maximum Gasteiger partial charge on any atom is 0.121 e. The van der Waals surface area contributed by atoms with E-state index in [1.54, 1.807) is 0 Å². The Morgan fingerprint density at radius 1 is 1.05 bits per heavy atom. The fraction of sp³-hybridized carbons (Fsp3) is 0.647. The molecule has 0 fully saturated rings. The van der Waals surface area contributed by atoms with Crippen LogP contribution in [0.15, 0.2) is 24.3 Å². The second kappa shape index (κ2) is 9.71. The predicted molar refractivity (Wildman–Crippen MR) is 84.1 cm³/mol. The Bertz CT molecular complexity index is 336. The SMILES string of the molecule is CCCCCCCCOc1cccc(NC(C)C)c1. The van der Waals surface area contributed by atoms with Crippen LogP contribution >= 0.6 is 0 Å². The van der Waals surface area contributed by atoms with Gasteiger partial charge in [-0.2, -0.15) is 0 Å². The van der Waals surface area contributed by atoms with Gasteiger partial charge in [0.2, 0.25) is 0 Å². The third-order valence-electron chi connectivity index (χ3n) is 3.06. The van der Waals surface area contributed by atoms with Gasteiger partial charge in [0.1, 0.15) is 5.75 Å². The smallest absolute Gasteiger partial charge is 0.121 e. The van der Waals surface area contributed by atoms with Gasteiger partial charge in [-0.25, -0.2) is 0 Å². The molecule has 2 heteroatoms. The second-order valence-corrected chi connectivity index (χ2v) is 5.44. The lowest BCUT2D eigenvalue weighted by Gasteiger charge is -2.12. The molecule has 1 N–H and O–H groups in total. The minimum absolute atomic E-state index is 0.453. The van der Waals surface area contributed by atoms with E-state index in [9.17, 15) is 0 Å². The van der Waals surface area contributed by atoms with E-state index in [0.29, 0.717) is 6.04 Å². The zero-order valence-electron chi connectivity index (χ0n) is 12.7. The number of hydrogen-bond acceptors (Lipinski definition) is 2. The summed E-state index contributed by atoms with van der Waals surface area (Å²) in [5.41, 5.74) is 1.13. The van der Waals surface area contributed by atoms with Gasteiger partial charge in [0, 0.05) is 17.8 Å². The molecule has 0 aliphatic carbocycles. The first-order valence-electron chi connectivity index (χ1n) is 7.71. The maximum atomic E-state index is 5.79. The fourth-order valence-electron chi connectivity index (χ4n) is 2.08. The Hall–Kier alpha value is -1.18. The second-order valence-electron chi connectivity index (χ2n) is 5.44. The number of hydrogen-bond donors (Lipinski definition) is 1. The number of unbranched alkanes of at least 4 members (excludes halogenated alkanes) is 5. The Morgan fingerprint density at radius 2 is 1.79 bits per heavy atom. The molecule has 2 nitrogen and oxygen atoms in total. The van der Waals surface area contributed by atoms with Crippen molar-refractivity contribution in [3.8, 4) is 5.75 Å². The molecule has 0 aliphatic heterocycles. The van der Waals surface area contributed by atoms with Crippen molar-refractivity contribution >= 4 is 5.69 Å². The van der Waals surface area contributed by atoms with Crippen LogP contribution in [0.4, 0.5) is 5.69 Å². The van der Waals surface area contributed by atoms with Gasteiger partial charge < -0.3 is 10.1 Å². The highest BCUT2D eigenvalue weighted by molar-refractivity contribution is 5.48. The number of anilines is 1. The van der Waals surface area contributed by atoms with Crippen molar-refractivity contribution in [2.45, 2.75) is 65.3 Å². The van der Waals surface area contributed by atoms with Gasteiger partial charge in [0.15, 0.2) is 0 Å². The molecule has 1 rings (SSSR count). The van der Waals surface area contributed by atoms with Crippen molar-refractivity contribution in [3.05, 3.63) is 24.3 Å². The molecular formula is C17H29NO. The lowest BCUT2D eigenvalue weighted by atomic mass is 10.1. The van der Waals surface area contributed by atoms with E-state index < -0.39 is 0 Å². The van der Waals surface area contributed by atoms with Gasteiger partial charge in [0.05, 0.1) is 6.61 Å². The van der Waals surface area contributed by atoms with Crippen molar-refractivity contribution in [1.82, 2.24) is 0 Å². The maximum absolute atomic E-state index is 5.79. The number of rotatable bonds is 10. The summed E-state index contributed by atoms with van der Waals surface area (Å²) in [7, 11) is 0. The minimum atomic E-state index is 0.453. The lowest BCUT2D eigenvalue weighted by Crippen LogP contribution is -2.09. The highest BCUT2D eigenvalue weighted by atomic mass is 16.5. The molecule has 1 aromatic carbocycles. The molecule has 0 bridgehead atoms. The summed E-state index contributed by atoms with van der Waals surface area (Å²) in [6.45, 7) is 7.37. The molecule has 0 heterocycles. The molecule has 0 aliphatic rings. The number of benzene rings is 1. The molecule has 1 aromatic rings. The van der Waals surface area contributed by atoms with Crippen LogP contribution in [-0.2, 0) is 0 Å². The van der Waals surface area contributed by atoms with E-state index >= 15 is 0 Å². The molecule has 19 heavy (non-hydrogen) atoms. The molecule has 0 saturated heterocycles. The van der Waals surface area contributed by atoms with Gasteiger partial charge >= 0.3 is 0 Å². The number of ether oxygens (including phenoxy) is 1. The van der Waals surface area contributed by atoms with E-state index in [2.05, 4.69) is 38.2 Å². The van der Waals surface area contributed by atoms with Gasteiger partial charge in [-0.1, -0.05) is 45.1 Å². The van der Waals surface area contributed by atoms with E-state index in [1.807, 2.05) is 12.1 Å². The standard InChI is InChI=1S/C17H29NO/c1-4-5-6-7-8-9-13-19-17-12-10-11-16(14-17)18-15(2)3/h10-12,14-15,18H,4-9,13H2,1-3H3. The minimum Gasteiger partial charge on any atom is -0.494 e. The van der Waals surface area contributed by atoms with Gasteiger partial charge in [-0.3, -0.25) is 0 Å². The molecule has 0 atom stereocenters. The zero-order valence-corrected chi connectivity index (χ0v) is 12.7. The summed E-state index contributed by atoms with van der Waals surface area (Å²) >= 11 is 0. The van der Waals surface area contributed by atoms with E-state index in [4.69, 9.17) is 4.74 Å². The average Bonchev–Trinajstić information content (AvgIpc) is 2.37. The summed E-state index contributed by atoms with van der Waals surface area (Å²) in [5.74, 6) is 0.971. The van der Waals surface area contributed by atoms with Gasteiger partial charge in [-0.05, 0) is 32.4 Å². The molecule has 0 saturated carbocycles. The third kappa shape index (κ3) is 7.76. The van der Waals surface area contributed by atoms with Gasteiger partial charge in [-0.15, -0.1) is 0 Å². The lowest BCUT2D eigenvalue weighted by molar-refractivity contribution is 0.304. The summed E-state index contributed by atoms with van der Waals surface area (Å²) in [5, 5.41) is 3.39. The van der Waals surface area contributed by atoms with Crippen molar-refractivity contribution in [3.63, 3.8) is 0 Å². The summed E-state index contributed by atoms with van der Waals surface area (Å²) < 4.78 is 5.79. The van der Waals surface area contributed by atoms with Crippen LogP contribution in [0.5, 0.6) is 5.75 Å². The van der Waals surface area contributed by atoms with Crippen LogP contribution in [0.2, 0.25) is 0 Å². The van der Waals surface area contributed by atoms with Crippen LogP contribution in [-0.4, -0.2) is 12.6 Å². The highest BCUT2D eigenvalue weighted by Crippen LogP contribution is 2.18. The van der Waals surface area contributed by atoms with Gasteiger partial charge in [0.25, 0.3) is 0 Å². The van der Waals surface area contributed by atoms with E-state index in [1.165, 1.54) is 32.1 Å². The molecule has 0 unspecified atom stereocenters. The predicted octanol–water partition coefficient (Wildman–Crippen LogP) is 5.25. The summed E-state index contributed by atoms with van der Waals surface area (Å²) in [6.07, 6.45) is 7.82. The summed E-state index contributed by atoms with van der Waals surface area (Å²) in [6, 6.07) is 8.69. The van der Waals surface area contributed by atoms with Crippen LogP contribution in [0.3, 0.4) is 0 Å². The van der Waals surface area contributed by atoms with E-state index in [0.717, 1.165) is 24.5 Å². The Kier molecular flexibility index (Phi) is 8.11. The first-order chi connectivity index (χ1) is 9.22. The highest BCUT2D eigenvalue weighted by Gasteiger charge is 1.98. The zero-order chi connectivity index (χ0) is 13.9. The number of nitrogens with one attached hydrogen (secondary N) is 1. The fourth-order valence-corrected chi connectivity index (χ4v) is 2.08. The Morgan fingerprint density at radius 3 is 2.53 bits per heavy atom. The molecule has 0 amide bonds. The first kappa shape index (κ1) is 15.9. The van der Waals surface area contributed by atoms with Crippen LogP contribution in [0.1, 0.15) is 59.3 Å². The normalized spacial score (nSPS) is 10.7. The average molecular weight is 263 g/mol. The molecule has 0 spiro atoms.